The largest absolute Gasteiger partial charge is 0.309 e. The van der Waals surface area contributed by atoms with E-state index in [-0.39, 0.29) is 16.9 Å². The quantitative estimate of drug-likeness (QED) is 0.876. The molecule has 0 fully saturated rings. The van der Waals surface area contributed by atoms with Crippen molar-refractivity contribution in [3.05, 3.63) is 70.0 Å². The van der Waals surface area contributed by atoms with E-state index in [4.69, 9.17) is 11.6 Å². The maximum Gasteiger partial charge on any atom is 0.142 e. The van der Waals surface area contributed by atoms with E-state index < -0.39 is 0 Å². The van der Waals surface area contributed by atoms with Gasteiger partial charge >= 0.3 is 0 Å². The molecule has 1 N–H and O–H groups in total. The summed E-state index contributed by atoms with van der Waals surface area (Å²) in [6, 6.07) is 13.3. The molecule has 1 nitrogen and oxygen atoms in total. The van der Waals surface area contributed by atoms with Crippen LogP contribution in [0.5, 0.6) is 0 Å². The number of hydrogen-bond donors (Lipinski definition) is 1. The minimum absolute atomic E-state index is 0.0299. The van der Waals surface area contributed by atoms with E-state index in [1.54, 1.807) is 6.07 Å². The summed E-state index contributed by atoms with van der Waals surface area (Å²) in [4.78, 5) is 0. The Kier molecular flexibility index (Phi) is 4.56. The van der Waals surface area contributed by atoms with Gasteiger partial charge in [-0.05, 0) is 42.3 Å². The second kappa shape index (κ2) is 6.18. The zero-order valence-electron chi connectivity index (χ0n) is 11.1. The second-order valence-corrected chi connectivity index (χ2v) is 4.90. The van der Waals surface area contributed by atoms with E-state index in [0.717, 1.165) is 17.5 Å². The molecule has 2 aromatic carbocycles. The first kappa shape index (κ1) is 14.0. The fourth-order valence-electron chi connectivity index (χ4n) is 2.16. The molecule has 2 aromatic rings. The van der Waals surface area contributed by atoms with Crippen LogP contribution in [0.1, 0.15) is 29.7 Å². The van der Waals surface area contributed by atoms with Crippen LogP contribution in [0.4, 0.5) is 4.39 Å². The smallest absolute Gasteiger partial charge is 0.142 e. The van der Waals surface area contributed by atoms with Gasteiger partial charge in [-0.2, -0.15) is 0 Å². The molecule has 0 saturated heterocycles. The third-order valence-corrected chi connectivity index (χ3v) is 3.59. The monoisotopic (exact) mass is 277 g/mol. The average molecular weight is 278 g/mol. The SMILES string of the molecule is CCc1ccc(C(NC)c2ccc(Cl)c(F)c2)cc1. The van der Waals surface area contributed by atoms with Crippen LogP contribution in [0, 0.1) is 5.82 Å². The predicted molar refractivity (Wildman–Crippen MR) is 78.1 cm³/mol. The molecule has 19 heavy (non-hydrogen) atoms. The van der Waals surface area contributed by atoms with Gasteiger partial charge in [-0.25, -0.2) is 4.39 Å². The summed E-state index contributed by atoms with van der Waals surface area (Å²) in [7, 11) is 1.87. The molecule has 0 spiro atoms. The van der Waals surface area contributed by atoms with Crippen molar-refractivity contribution in [2.45, 2.75) is 19.4 Å². The summed E-state index contributed by atoms with van der Waals surface area (Å²) in [5.41, 5.74) is 3.27. The molecule has 3 heteroatoms. The van der Waals surface area contributed by atoms with Crippen LogP contribution in [-0.4, -0.2) is 7.05 Å². The Labute approximate surface area is 118 Å². The molecule has 0 heterocycles. The van der Waals surface area contributed by atoms with Crippen LogP contribution in [0.15, 0.2) is 42.5 Å². The molecule has 2 rings (SSSR count). The van der Waals surface area contributed by atoms with Gasteiger partial charge in [0.15, 0.2) is 0 Å². The topological polar surface area (TPSA) is 12.0 Å². The lowest BCUT2D eigenvalue weighted by atomic mass is 9.97. The number of halogens is 2. The van der Waals surface area contributed by atoms with Crippen molar-refractivity contribution in [1.29, 1.82) is 0 Å². The zero-order chi connectivity index (χ0) is 13.8. The van der Waals surface area contributed by atoms with Crippen molar-refractivity contribution in [2.24, 2.45) is 0 Å². The molecule has 0 radical (unpaired) electrons. The zero-order valence-corrected chi connectivity index (χ0v) is 11.8. The Hall–Kier alpha value is -1.38. The molecular weight excluding hydrogens is 261 g/mol. The van der Waals surface area contributed by atoms with Gasteiger partial charge in [0.2, 0.25) is 0 Å². The highest BCUT2D eigenvalue weighted by molar-refractivity contribution is 6.30. The van der Waals surface area contributed by atoms with Gasteiger partial charge in [0, 0.05) is 0 Å². The second-order valence-electron chi connectivity index (χ2n) is 4.49. The normalized spacial score (nSPS) is 12.4. The van der Waals surface area contributed by atoms with Crippen LogP contribution in [-0.2, 0) is 6.42 Å². The third kappa shape index (κ3) is 3.14. The highest BCUT2D eigenvalue weighted by Gasteiger charge is 2.13. The van der Waals surface area contributed by atoms with Crippen molar-refractivity contribution in [3.8, 4) is 0 Å². The van der Waals surface area contributed by atoms with Crippen molar-refractivity contribution in [2.75, 3.05) is 7.05 Å². The highest BCUT2D eigenvalue weighted by Crippen LogP contribution is 2.25. The lowest BCUT2D eigenvalue weighted by Gasteiger charge is -2.18. The molecule has 0 aliphatic heterocycles. The number of aryl methyl sites for hydroxylation is 1. The van der Waals surface area contributed by atoms with E-state index in [0.29, 0.717) is 0 Å². The van der Waals surface area contributed by atoms with E-state index in [2.05, 4.69) is 36.5 Å². The first-order chi connectivity index (χ1) is 9.15. The summed E-state index contributed by atoms with van der Waals surface area (Å²) in [6.07, 6.45) is 1.01. The van der Waals surface area contributed by atoms with Crippen LogP contribution >= 0.6 is 11.6 Å². The van der Waals surface area contributed by atoms with Gasteiger partial charge in [0.25, 0.3) is 0 Å². The third-order valence-electron chi connectivity index (χ3n) is 3.29. The molecule has 100 valence electrons. The summed E-state index contributed by atoms with van der Waals surface area (Å²) < 4.78 is 13.6. The van der Waals surface area contributed by atoms with Gasteiger partial charge in [-0.3, -0.25) is 0 Å². The lowest BCUT2D eigenvalue weighted by molar-refractivity contribution is 0.617. The molecule has 1 atom stereocenters. The average Bonchev–Trinajstić information content (AvgIpc) is 2.44. The maximum absolute atomic E-state index is 13.6. The molecule has 0 amide bonds. The fourth-order valence-corrected chi connectivity index (χ4v) is 2.28. The molecule has 0 aliphatic carbocycles. The van der Waals surface area contributed by atoms with Crippen molar-refractivity contribution < 1.29 is 4.39 Å². The Balaban J connectivity index is 2.34. The fraction of sp³-hybridized carbons (Fsp3) is 0.250. The van der Waals surface area contributed by atoms with Gasteiger partial charge in [-0.1, -0.05) is 48.9 Å². The lowest BCUT2D eigenvalue weighted by Crippen LogP contribution is -2.17. The first-order valence-electron chi connectivity index (χ1n) is 6.36. The number of benzene rings is 2. The van der Waals surface area contributed by atoms with E-state index in [9.17, 15) is 4.39 Å². The predicted octanol–water partition coefficient (Wildman–Crippen LogP) is 4.35. The van der Waals surface area contributed by atoms with Gasteiger partial charge in [0.05, 0.1) is 11.1 Å². The summed E-state index contributed by atoms with van der Waals surface area (Å²) in [5, 5.41) is 3.36. The highest BCUT2D eigenvalue weighted by atomic mass is 35.5. The Morgan fingerprint density at radius 2 is 1.74 bits per heavy atom. The van der Waals surface area contributed by atoms with Crippen molar-refractivity contribution >= 4 is 11.6 Å². The Morgan fingerprint density at radius 3 is 2.26 bits per heavy atom. The van der Waals surface area contributed by atoms with Crippen LogP contribution < -0.4 is 5.32 Å². The minimum atomic E-state index is -0.385. The standard InChI is InChI=1S/C16H17ClFN/c1-3-11-4-6-12(7-5-11)16(19-2)13-8-9-14(17)15(18)10-13/h4-10,16,19H,3H2,1-2H3. The molecule has 0 saturated carbocycles. The van der Waals surface area contributed by atoms with E-state index in [1.165, 1.54) is 11.6 Å². The number of nitrogens with one attached hydrogen (secondary N) is 1. The van der Waals surface area contributed by atoms with E-state index in [1.807, 2.05) is 13.1 Å². The molecule has 0 aromatic heterocycles. The number of hydrogen-bond acceptors (Lipinski definition) is 1. The Bertz CT molecular complexity index is 551. The summed E-state index contributed by atoms with van der Waals surface area (Å²) in [5.74, 6) is -0.385. The van der Waals surface area contributed by atoms with Crippen LogP contribution in [0.25, 0.3) is 0 Å². The molecule has 0 aliphatic rings. The molecular formula is C16H17ClFN. The van der Waals surface area contributed by atoms with Crippen molar-refractivity contribution in [1.82, 2.24) is 5.32 Å². The summed E-state index contributed by atoms with van der Waals surface area (Å²) in [6.45, 7) is 2.12. The van der Waals surface area contributed by atoms with Gasteiger partial charge in [0.1, 0.15) is 5.82 Å². The van der Waals surface area contributed by atoms with Crippen molar-refractivity contribution in [3.63, 3.8) is 0 Å². The number of rotatable bonds is 4. The first-order valence-corrected chi connectivity index (χ1v) is 6.74. The van der Waals surface area contributed by atoms with Crippen LogP contribution in [0.2, 0.25) is 5.02 Å². The molecule has 0 bridgehead atoms. The van der Waals surface area contributed by atoms with Crippen LogP contribution in [0.3, 0.4) is 0 Å². The van der Waals surface area contributed by atoms with Gasteiger partial charge in [-0.15, -0.1) is 0 Å². The minimum Gasteiger partial charge on any atom is -0.309 e. The maximum atomic E-state index is 13.6. The Morgan fingerprint density at radius 1 is 1.11 bits per heavy atom. The molecule has 1 unspecified atom stereocenters. The van der Waals surface area contributed by atoms with E-state index >= 15 is 0 Å². The van der Waals surface area contributed by atoms with Gasteiger partial charge < -0.3 is 5.32 Å². The summed E-state index contributed by atoms with van der Waals surface area (Å²) >= 11 is 5.72.